The number of imide groups is 1. The van der Waals surface area contributed by atoms with Crippen molar-refractivity contribution in [3.05, 3.63) is 62.9 Å². The normalized spacial score (nSPS) is 15.2. The lowest BCUT2D eigenvalue weighted by Crippen LogP contribution is -2.38. The van der Waals surface area contributed by atoms with Crippen molar-refractivity contribution < 1.29 is 19.5 Å². The van der Waals surface area contributed by atoms with Gasteiger partial charge in [-0.05, 0) is 65.4 Å². The highest BCUT2D eigenvalue weighted by Crippen LogP contribution is 2.22. The molecule has 1 saturated heterocycles. The maximum absolute atomic E-state index is 12.4. The Morgan fingerprint density at radius 3 is 2.59 bits per heavy atom. The minimum absolute atomic E-state index is 0.0737. The molecule has 1 heterocycles. The molecule has 0 saturated carbocycles. The summed E-state index contributed by atoms with van der Waals surface area (Å²) in [7, 11) is 0. The van der Waals surface area contributed by atoms with Gasteiger partial charge in [0, 0.05) is 5.69 Å². The molecule has 1 fully saturated rings. The third-order valence-electron chi connectivity index (χ3n) is 3.88. The maximum Gasteiger partial charge on any atom is 0.329 e. The fraction of sp³-hybridized carbons (Fsp3) is 0.105. The van der Waals surface area contributed by atoms with E-state index >= 15 is 0 Å². The zero-order chi connectivity index (χ0) is 19.6. The number of phenols is 1. The molecule has 0 radical (unpaired) electrons. The number of halogens is 1. The van der Waals surface area contributed by atoms with Gasteiger partial charge in [-0.15, -0.1) is 0 Å². The van der Waals surface area contributed by atoms with Crippen LogP contribution in [0.1, 0.15) is 11.1 Å². The molecule has 3 rings (SSSR count). The van der Waals surface area contributed by atoms with E-state index in [1.807, 2.05) is 41.6 Å². The molecular formula is C19H16IN3O4. The molecule has 1 aliphatic rings. The van der Waals surface area contributed by atoms with Gasteiger partial charge in [-0.1, -0.05) is 23.8 Å². The molecule has 0 atom stereocenters. The number of rotatable bonds is 4. The first-order valence-electron chi connectivity index (χ1n) is 8.03. The van der Waals surface area contributed by atoms with E-state index in [-0.39, 0.29) is 18.0 Å². The summed E-state index contributed by atoms with van der Waals surface area (Å²) in [6.07, 6.45) is 1.50. The number of urea groups is 1. The van der Waals surface area contributed by atoms with Crippen LogP contribution in [0.3, 0.4) is 0 Å². The second-order valence-electron chi connectivity index (χ2n) is 6.00. The number of nitrogens with one attached hydrogen (secondary N) is 2. The van der Waals surface area contributed by atoms with Crippen molar-refractivity contribution >= 4 is 52.2 Å². The minimum atomic E-state index is -0.654. The number of hydrogen-bond donors (Lipinski definition) is 3. The van der Waals surface area contributed by atoms with Crippen LogP contribution in [0, 0.1) is 10.5 Å². The van der Waals surface area contributed by atoms with Gasteiger partial charge in [-0.3, -0.25) is 9.59 Å². The first-order valence-corrected chi connectivity index (χ1v) is 9.11. The minimum Gasteiger partial charge on any atom is -0.507 e. The number of aromatic hydroxyl groups is 1. The molecule has 138 valence electrons. The fourth-order valence-corrected chi connectivity index (χ4v) is 3.02. The quantitative estimate of drug-likeness (QED) is 0.359. The Balaban J connectivity index is 1.70. The van der Waals surface area contributed by atoms with Crippen LogP contribution >= 0.6 is 22.6 Å². The van der Waals surface area contributed by atoms with E-state index in [9.17, 15) is 19.5 Å². The van der Waals surface area contributed by atoms with Gasteiger partial charge >= 0.3 is 6.03 Å². The van der Waals surface area contributed by atoms with Crippen molar-refractivity contribution in [1.29, 1.82) is 0 Å². The molecule has 3 N–H and O–H groups in total. The fourth-order valence-electron chi connectivity index (χ4n) is 2.48. The summed E-state index contributed by atoms with van der Waals surface area (Å²) in [4.78, 5) is 37.5. The summed E-state index contributed by atoms with van der Waals surface area (Å²) < 4.78 is 0.619. The number of nitrogens with zero attached hydrogens (tertiary/aromatic N) is 1. The van der Waals surface area contributed by atoms with Crippen molar-refractivity contribution in [2.24, 2.45) is 0 Å². The third kappa shape index (κ3) is 4.45. The lowest BCUT2D eigenvalue weighted by molar-refractivity contribution is -0.127. The summed E-state index contributed by atoms with van der Waals surface area (Å²) in [6, 6.07) is 11.3. The largest absolute Gasteiger partial charge is 0.507 e. The zero-order valence-corrected chi connectivity index (χ0v) is 16.5. The number of amides is 4. The Morgan fingerprint density at radius 2 is 1.93 bits per heavy atom. The van der Waals surface area contributed by atoms with Crippen LogP contribution in [0.4, 0.5) is 10.5 Å². The van der Waals surface area contributed by atoms with Gasteiger partial charge in [0.05, 0.1) is 3.57 Å². The van der Waals surface area contributed by atoms with Crippen LogP contribution in [0.15, 0.2) is 48.2 Å². The Morgan fingerprint density at radius 1 is 1.22 bits per heavy atom. The zero-order valence-electron chi connectivity index (χ0n) is 14.3. The Hall–Kier alpha value is -2.88. The number of hydrogen-bond acceptors (Lipinski definition) is 4. The molecule has 27 heavy (non-hydrogen) atoms. The van der Waals surface area contributed by atoms with Crippen molar-refractivity contribution in [3.63, 3.8) is 0 Å². The molecule has 7 nitrogen and oxygen atoms in total. The highest BCUT2D eigenvalue weighted by Gasteiger charge is 2.34. The monoisotopic (exact) mass is 477 g/mol. The number of carbonyl (C=O) groups excluding carboxylic acids is 3. The average molecular weight is 477 g/mol. The van der Waals surface area contributed by atoms with Gasteiger partial charge in [0.25, 0.3) is 5.91 Å². The van der Waals surface area contributed by atoms with Crippen molar-refractivity contribution in [2.75, 3.05) is 11.9 Å². The van der Waals surface area contributed by atoms with Crippen molar-refractivity contribution in [3.8, 4) is 5.75 Å². The predicted molar refractivity (Wildman–Crippen MR) is 109 cm³/mol. The van der Waals surface area contributed by atoms with Gasteiger partial charge in [0.1, 0.15) is 18.0 Å². The standard InChI is InChI=1S/C19H16IN3O4/c1-11-2-5-13(6-3-11)21-17(25)10-23-18(26)15(22-19(23)27)9-12-4-7-16(24)14(20)8-12/h2-9,24H,10H2,1H3,(H,21,25)(H,22,27)/b15-9-. The third-order valence-corrected chi connectivity index (χ3v) is 4.75. The molecule has 0 aliphatic carbocycles. The number of anilines is 1. The summed E-state index contributed by atoms with van der Waals surface area (Å²) in [6.45, 7) is 1.55. The first kappa shape index (κ1) is 18.9. The molecule has 2 aromatic rings. The summed E-state index contributed by atoms with van der Waals surface area (Å²) in [5, 5.41) is 14.7. The van der Waals surface area contributed by atoms with E-state index in [4.69, 9.17) is 0 Å². The Bertz CT molecular complexity index is 954. The molecule has 0 bridgehead atoms. The first-order chi connectivity index (χ1) is 12.8. The van der Waals surface area contributed by atoms with Gasteiger partial charge in [0.15, 0.2) is 0 Å². The van der Waals surface area contributed by atoms with Crippen LogP contribution in [0.25, 0.3) is 6.08 Å². The number of phenolic OH excluding ortho intramolecular Hbond substituents is 1. The Kier molecular flexibility index (Phi) is 5.45. The maximum atomic E-state index is 12.4. The van der Waals surface area contributed by atoms with Gasteiger partial charge in [0.2, 0.25) is 5.91 Å². The van der Waals surface area contributed by atoms with E-state index in [2.05, 4.69) is 10.6 Å². The van der Waals surface area contributed by atoms with Crippen molar-refractivity contribution in [2.45, 2.75) is 6.92 Å². The smallest absolute Gasteiger partial charge is 0.329 e. The van der Waals surface area contributed by atoms with Crippen LogP contribution in [-0.4, -0.2) is 34.4 Å². The summed E-state index contributed by atoms with van der Waals surface area (Å²) in [5.74, 6) is -0.918. The number of benzene rings is 2. The molecular weight excluding hydrogens is 461 g/mol. The molecule has 0 unspecified atom stereocenters. The molecule has 1 aliphatic heterocycles. The highest BCUT2D eigenvalue weighted by molar-refractivity contribution is 14.1. The predicted octanol–water partition coefficient (Wildman–Crippen LogP) is 2.84. The van der Waals surface area contributed by atoms with E-state index in [0.29, 0.717) is 14.8 Å². The summed E-state index contributed by atoms with van der Waals surface area (Å²) in [5.41, 5.74) is 2.37. The highest BCUT2D eigenvalue weighted by atomic mass is 127. The van der Waals surface area contributed by atoms with Gasteiger partial charge in [-0.2, -0.15) is 0 Å². The second-order valence-corrected chi connectivity index (χ2v) is 7.17. The number of aryl methyl sites for hydroxylation is 1. The average Bonchev–Trinajstić information content (AvgIpc) is 2.87. The van der Waals surface area contributed by atoms with Crippen LogP contribution in [-0.2, 0) is 9.59 Å². The topological polar surface area (TPSA) is 98.7 Å². The van der Waals surface area contributed by atoms with E-state index in [1.54, 1.807) is 24.3 Å². The van der Waals surface area contributed by atoms with Crippen LogP contribution in [0.2, 0.25) is 0 Å². The molecule has 0 aromatic heterocycles. The molecule has 2 aromatic carbocycles. The van der Waals surface area contributed by atoms with E-state index in [0.717, 1.165) is 10.5 Å². The van der Waals surface area contributed by atoms with E-state index in [1.165, 1.54) is 12.1 Å². The van der Waals surface area contributed by atoms with Crippen molar-refractivity contribution in [1.82, 2.24) is 10.2 Å². The van der Waals surface area contributed by atoms with Gasteiger partial charge < -0.3 is 15.7 Å². The Labute approximate surface area is 169 Å². The molecule has 4 amide bonds. The second kappa shape index (κ2) is 7.78. The van der Waals surface area contributed by atoms with Crippen LogP contribution < -0.4 is 10.6 Å². The molecule has 8 heteroatoms. The van der Waals surface area contributed by atoms with Gasteiger partial charge in [-0.25, -0.2) is 9.69 Å². The lowest BCUT2D eigenvalue weighted by atomic mass is 10.2. The summed E-state index contributed by atoms with van der Waals surface area (Å²) >= 11 is 1.96. The SMILES string of the molecule is Cc1ccc(NC(=O)CN2C(=O)N/C(=C\c3ccc(O)c(I)c3)C2=O)cc1. The lowest BCUT2D eigenvalue weighted by Gasteiger charge is -2.12. The molecule has 0 spiro atoms. The van der Waals surface area contributed by atoms with E-state index < -0.39 is 17.8 Å². The van der Waals surface area contributed by atoms with Crippen LogP contribution in [0.5, 0.6) is 5.75 Å². The number of carbonyl (C=O) groups is 3.